The number of fused-ring (bicyclic) bond motifs is 1. The van der Waals surface area contributed by atoms with E-state index in [0.29, 0.717) is 29.8 Å². The van der Waals surface area contributed by atoms with Gasteiger partial charge in [0.1, 0.15) is 5.78 Å². The first kappa shape index (κ1) is 20.4. The minimum atomic E-state index is 0.318. The monoisotopic (exact) mass is 362 g/mol. The summed E-state index contributed by atoms with van der Waals surface area (Å²) in [5, 5.41) is 0. The van der Waals surface area contributed by atoms with Crippen LogP contribution in [0.1, 0.15) is 110 Å². The molecule has 0 aromatic rings. The van der Waals surface area contributed by atoms with Crippen LogP contribution >= 0.6 is 0 Å². The fourth-order valence-corrected chi connectivity index (χ4v) is 5.84. The Balaban J connectivity index is 1.53. The van der Waals surface area contributed by atoms with Crippen LogP contribution in [0.25, 0.3) is 0 Å². The van der Waals surface area contributed by atoms with Gasteiger partial charge in [0, 0.05) is 5.92 Å². The maximum Gasteiger partial charge on any atom is 0.133 e. The average Bonchev–Trinajstić information content (AvgIpc) is 2.59. The van der Waals surface area contributed by atoms with E-state index in [1.54, 1.807) is 0 Å². The van der Waals surface area contributed by atoms with E-state index >= 15 is 0 Å². The molecule has 26 heavy (non-hydrogen) atoms. The minimum Gasteiger partial charge on any atom is -0.375 e. The van der Waals surface area contributed by atoms with Gasteiger partial charge < -0.3 is 4.74 Å². The van der Waals surface area contributed by atoms with Crippen LogP contribution < -0.4 is 0 Å². The van der Waals surface area contributed by atoms with E-state index in [4.69, 9.17) is 4.74 Å². The number of Topliss-reactive ketones (excluding diaryl/α,β-unsaturated/α-hetero) is 1. The van der Waals surface area contributed by atoms with Crippen LogP contribution in [-0.4, -0.2) is 18.0 Å². The Morgan fingerprint density at radius 2 is 1.38 bits per heavy atom. The van der Waals surface area contributed by atoms with Crippen LogP contribution in [0, 0.1) is 23.7 Å². The first-order valence-corrected chi connectivity index (χ1v) is 11.8. The zero-order valence-corrected chi connectivity index (χ0v) is 17.4. The van der Waals surface area contributed by atoms with Crippen molar-refractivity contribution in [2.45, 2.75) is 122 Å². The van der Waals surface area contributed by atoms with Gasteiger partial charge >= 0.3 is 0 Å². The van der Waals surface area contributed by atoms with Crippen molar-refractivity contribution in [3.63, 3.8) is 0 Å². The largest absolute Gasteiger partial charge is 0.375 e. The lowest BCUT2D eigenvalue weighted by molar-refractivity contribution is -0.122. The standard InChI is InChI=1S/C24H42O2/c1-18-9-7-11-20-15-16-23(26-22-12-8-13-22)17-21(20)10-5-3-4-6-14-24(18)19(2)25/h18,20-24H,3-17H2,1-2H3. The summed E-state index contributed by atoms with van der Waals surface area (Å²) in [5.74, 6) is 3.13. The van der Waals surface area contributed by atoms with Crippen molar-refractivity contribution < 1.29 is 9.53 Å². The van der Waals surface area contributed by atoms with Gasteiger partial charge in [0.25, 0.3) is 0 Å². The van der Waals surface area contributed by atoms with Gasteiger partial charge in [-0.3, -0.25) is 4.79 Å². The number of ether oxygens (including phenoxy) is 1. The molecule has 3 rings (SSSR count). The van der Waals surface area contributed by atoms with E-state index < -0.39 is 0 Å². The summed E-state index contributed by atoms with van der Waals surface area (Å²) in [4.78, 5) is 12.1. The van der Waals surface area contributed by atoms with E-state index in [2.05, 4.69) is 6.92 Å². The molecule has 0 saturated heterocycles. The van der Waals surface area contributed by atoms with Crippen molar-refractivity contribution in [3.05, 3.63) is 0 Å². The van der Waals surface area contributed by atoms with Gasteiger partial charge in [-0.2, -0.15) is 0 Å². The third kappa shape index (κ3) is 5.81. The predicted octanol–water partition coefficient (Wildman–Crippen LogP) is 6.71. The van der Waals surface area contributed by atoms with Gasteiger partial charge in [-0.1, -0.05) is 58.3 Å². The SMILES string of the molecule is CC(=O)C1CCCCCCC2CC(OC3CCC3)CCC2CCCC1C. The highest BCUT2D eigenvalue weighted by atomic mass is 16.5. The normalized spacial score (nSPS) is 38.2. The van der Waals surface area contributed by atoms with Crippen molar-refractivity contribution >= 4 is 5.78 Å². The molecule has 3 fully saturated rings. The first-order valence-electron chi connectivity index (χ1n) is 11.8. The fourth-order valence-electron chi connectivity index (χ4n) is 5.84. The first-order chi connectivity index (χ1) is 12.6. The number of rotatable bonds is 3. The molecule has 2 heteroatoms. The maximum absolute atomic E-state index is 12.1. The Bertz CT molecular complexity index is 428. The molecule has 0 N–H and O–H groups in total. The third-order valence-electron chi connectivity index (χ3n) is 7.81. The minimum absolute atomic E-state index is 0.318. The van der Waals surface area contributed by atoms with Crippen molar-refractivity contribution in [2.75, 3.05) is 0 Å². The Morgan fingerprint density at radius 3 is 2.08 bits per heavy atom. The molecule has 0 heterocycles. The zero-order valence-electron chi connectivity index (χ0n) is 17.4. The molecule has 0 spiro atoms. The van der Waals surface area contributed by atoms with Crippen molar-refractivity contribution in [1.82, 2.24) is 0 Å². The highest BCUT2D eigenvalue weighted by Crippen LogP contribution is 2.40. The van der Waals surface area contributed by atoms with Gasteiger partial charge in [-0.05, 0) is 69.6 Å². The smallest absolute Gasteiger partial charge is 0.133 e. The van der Waals surface area contributed by atoms with Crippen molar-refractivity contribution in [2.24, 2.45) is 23.7 Å². The van der Waals surface area contributed by atoms with Gasteiger partial charge in [0.2, 0.25) is 0 Å². The molecule has 3 aliphatic rings. The molecular weight excluding hydrogens is 320 g/mol. The summed E-state index contributed by atoms with van der Waals surface area (Å²) in [6, 6.07) is 0. The molecule has 150 valence electrons. The van der Waals surface area contributed by atoms with E-state index in [-0.39, 0.29) is 0 Å². The molecular formula is C24H42O2. The lowest BCUT2D eigenvalue weighted by Crippen LogP contribution is -2.34. The molecule has 5 atom stereocenters. The van der Waals surface area contributed by atoms with Crippen LogP contribution in [0.5, 0.6) is 0 Å². The number of hydrogen-bond donors (Lipinski definition) is 0. The predicted molar refractivity (Wildman–Crippen MR) is 108 cm³/mol. The molecule has 5 unspecified atom stereocenters. The molecule has 3 aliphatic carbocycles. The molecule has 0 aliphatic heterocycles. The highest BCUT2D eigenvalue weighted by molar-refractivity contribution is 5.78. The van der Waals surface area contributed by atoms with Gasteiger partial charge in [-0.25, -0.2) is 0 Å². The molecule has 0 radical (unpaired) electrons. The van der Waals surface area contributed by atoms with E-state index in [0.717, 1.165) is 18.3 Å². The number of carbonyl (C=O) groups is 1. The Kier molecular flexibility index (Phi) is 8.03. The second-order valence-electron chi connectivity index (χ2n) is 9.76. The lowest BCUT2D eigenvalue weighted by Gasteiger charge is -2.39. The van der Waals surface area contributed by atoms with Crippen molar-refractivity contribution in [1.29, 1.82) is 0 Å². The molecule has 0 aromatic carbocycles. The Morgan fingerprint density at radius 1 is 0.692 bits per heavy atom. The summed E-state index contributed by atoms with van der Waals surface area (Å²) in [5.41, 5.74) is 0. The summed E-state index contributed by atoms with van der Waals surface area (Å²) in [7, 11) is 0. The van der Waals surface area contributed by atoms with Gasteiger partial charge in [0.05, 0.1) is 12.2 Å². The van der Waals surface area contributed by atoms with Crippen LogP contribution in [-0.2, 0) is 9.53 Å². The van der Waals surface area contributed by atoms with Crippen LogP contribution in [0.3, 0.4) is 0 Å². The van der Waals surface area contributed by atoms with Crippen molar-refractivity contribution in [3.8, 4) is 0 Å². The van der Waals surface area contributed by atoms with Gasteiger partial charge in [-0.15, -0.1) is 0 Å². The third-order valence-corrected chi connectivity index (χ3v) is 7.81. The van der Waals surface area contributed by atoms with Crippen LogP contribution in [0.15, 0.2) is 0 Å². The molecule has 0 aromatic heterocycles. The summed E-state index contributed by atoms with van der Waals surface area (Å²) in [6.45, 7) is 4.14. The number of carbonyl (C=O) groups excluding carboxylic acids is 1. The summed E-state index contributed by atoms with van der Waals surface area (Å²) in [6.07, 6.45) is 20.9. The Labute approximate surface area is 161 Å². The molecule has 3 saturated carbocycles. The molecule has 0 amide bonds. The summed E-state index contributed by atoms with van der Waals surface area (Å²) < 4.78 is 6.39. The zero-order chi connectivity index (χ0) is 18.4. The highest BCUT2D eigenvalue weighted by Gasteiger charge is 2.33. The van der Waals surface area contributed by atoms with E-state index in [1.807, 2.05) is 6.92 Å². The topological polar surface area (TPSA) is 26.3 Å². The second kappa shape index (κ2) is 10.2. The number of ketones is 1. The fraction of sp³-hybridized carbons (Fsp3) is 0.958. The van der Waals surface area contributed by atoms with E-state index in [9.17, 15) is 4.79 Å². The van der Waals surface area contributed by atoms with E-state index in [1.165, 1.54) is 89.9 Å². The molecule has 2 nitrogen and oxygen atoms in total. The Hall–Kier alpha value is -0.370. The molecule has 0 bridgehead atoms. The summed E-state index contributed by atoms with van der Waals surface area (Å²) >= 11 is 0. The quantitative estimate of drug-likeness (QED) is 0.558. The van der Waals surface area contributed by atoms with Gasteiger partial charge in [0.15, 0.2) is 0 Å². The van der Waals surface area contributed by atoms with Crippen LogP contribution in [0.2, 0.25) is 0 Å². The second-order valence-corrected chi connectivity index (χ2v) is 9.76. The maximum atomic E-state index is 12.1. The number of hydrogen-bond acceptors (Lipinski definition) is 2. The average molecular weight is 363 g/mol. The lowest BCUT2D eigenvalue weighted by atomic mass is 9.72. The van der Waals surface area contributed by atoms with Crippen LogP contribution in [0.4, 0.5) is 0 Å².